The van der Waals surface area contributed by atoms with Crippen molar-refractivity contribution in [1.29, 1.82) is 0 Å². The van der Waals surface area contributed by atoms with Crippen molar-refractivity contribution in [2.75, 3.05) is 18.2 Å². The van der Waals surface area contributed by atoms with Crippen LogP contribution in [-0.2, 0) is 22.4 Å². The van der Waals surface area contributed by atoms with Crippen LogP contribution in [0.3, 0.4) is 0 Å². The van der Waals surface area contributed by atoms with Crippen molar-refractivity contribution in [2.24, 2.45) is 0 Å². The first-order valence-electron chi connectivity index (χ1n) is 10.6. The van der Waals surface area contributed by atoms with Gasteiger partial charge < -0.3 is 19.5 Å². The molecule has 5 heteroatoms. The highest BCUT2D eigenvalue weighted by atomic mass is 16.5. The standard InChI is InChI=1S/C26H27NO4/c1-19(30-17-16-26(28)29)20-12-14-23(15-13-20)31-18-27-24-8-4-2-6-21(24)10-11-22-7-3-5-9-25(22)27/h2-9,12-15,19H,10-11,16-18H2,1H3,(H,28,29). The number of ether oxygens (including phenoxy) is 2. The number of benzene rings is 3. The Bertz CT molecular complexity index is 984. The average Bonchev–Trinajstić information content (AvgIpc) is 2.94. The number of para-hydroxylation sites is 2. The van der Waals surface area contributed by atoms with Gasteiger partial charge in [0.15, 0.2) is 6.73 Å². The molecular formula is C26H27NO4. The highest BCUT2D eigenvalue weighted by Gasteiger charge is 2.20. The predicted molar refractivity (Wildman–Crippen MR) is 121 cm³/mol. The van der Waals surface area contributed by atoms with Gasteiger partial charge in [-0.05, 0) is 60.7 Å². The largest absolute Gasteiger partial charge is 0.481 e. The number of aryl methyl sites for hydroxylation is 2. The third-order valence-corrected chi connectivity index (χ3v) is 5.62. The number of carboxylic acid groups (broad SMARTS) is 1. The summed E-state index contributed by atoms with van der Waals surface area (Å²) >= 11 is 0. The fraction of sp³-hybridized carbons (Fsp3) is 0.269. The number of carboxylic acids is 1. The van der Waals surface area contributed by atoms with Crippen LogP contribution in [0, 0.1) is 0 Å². The zero-order chi connectivity index (χ0) is 21.6. The zero-order valence-electron chi connectivity index (χ0n) is 17.7. The zero-order valence-corrected chi connectivity index (χ0v) is 17.7. The number of anilines is 2. The molecule has 3 aromatic rings. The molecule has 1 unspecified atom stereocenters. The van der Waals surface area contributed by atoms with Crippen LogP contribution >= 0.6 is 0 Å². The van der Waals surface area contributed by atoms with Gasteiger partial charge in [-0.3, -0.25) is 4.79 Å². The summed E-state index contributed by atoms with van der Waals surface area (Å²) in [6.45, 7) is 2.53. The van der Waals surface area contributed by atoms with Crippen LogP contribution < -0.4 is 9.64 Å². The van der Waals surface area contributed by atoms with Crippen LogP contribution in [0.25, 0.3) is 0 Å². The maximum absolute atomic E-state index is 10.6. The molecule has 0 bridgehead atoms. The number of fused-ring (bicyclic) bond motifs is 2. The van der Waals surface area contributed by atoms with E-state index in [0.29, 0.717) is 6.73 Å². The van der Waals surface area contributed by atoms with Gasteiger partial charge in [-0.15, -0.1) is 0 Å². The summed E-state index contributed by atoms with van der Waals surface area (Å²) in [4.78, 5) is 12.9. The Morgan fingerprint density at radius 1 is 0.935 bits per heavy atom. The van der Waals surface area contributed by atoms with Gasteiger partial charge >= 0.3 is 5.97 Å². The van der Waals surface area contributed by atoms with E-state index in [2.05, 4.69) is 53.4 Å². The lowest BCUT2D eigenvalue weighted by atomic mass is 10.0. The Balaban J connectivity index is 1.46. The Morgan fingerprint density at radius 2 is 1.52 bits per heavy atom. The van der Waals surface area contributed by atoms with Crippen LogP contribution in [0.15, 0.2) is 72.8 Å². The van der Waals surface area contributed by atoms with E-state index in [0.717, 1.165) is 24.2 Å². The molecule has 31 heavy (non-hydrogen) atoms. The molecule has 0 amide bonds. The second-order valence-corrected chi connectivity index (χ2v) is 7.68. The number of aliphatic carboxylic acids is 1. The van der Waals surface area contributed by atoms with E-state index in [9.17, 15) is 4.79 Å². The Morgan fingerprint density at radius 3 is 2.10 bits per heavy atom. The molecule has 0 saturated heterocycles. The van der Waals surface area contributed by atoms with Crippen LogP contribution in [-0.4, -0.2) is 24.4 Å². The Labute approximate surface area is 182 Å². The van der Waals surface area contributed by atoms with Crippen molar-refractivity contribution >= 4 is 17.3 Å². The summed E-state index contributed by atoms with van der Waals surface area (Å²) in [7, 11) is 0. The molecule has 1 aliphatic heterocycles. The third-order valence-electron chi connectivity index (χ3n) is 5.62. The van der Waals surface area contributed by atoms with Gasteiger partial charge in [0, 0.05) is 11.4 Å². The van der Waals surface area contributed by atoms with Crippen LogP contribution in [0.5, 0.6) is 5.75 Å². The fourth-order valence-electron chi connectivity index (χ4n) is 3.90. The SMILES string of the molecule is CC(OCCC(=O)O)c1ccc(OCN2c3ccccc3CCc3ccccc32)cc1. The first-order valence-corrected chi connectivity index (χ1v) is 10.6. The molecule has 4 rings (SSSR count). The first kappa shape index (κ1) is 20.9. The fourth-order valence-corrected chi connectivity index (χ4v) is 3.90. The van der Waals surface area contributed by atoms with Crippen molar-refractivity contribution in [3.05, 3.63) is 89.5 Å². The molecular weight excluding hydrogens is 390 g/mol. The van der Waals surface area contributed by atoms with E-state index >= 15 is 0 Å². The Hall–Kier alpha value is -3.31. The number of carbonyl (C=O) groups is 1. The van der Waals surface area contributed by atoms with E-state index < -0.39 is 5.97 Å². The van der Waals surface area contributed by atoms with Crippen LogP contribution in [0.1, 0.15) is 36.1 Å². The number of hydrogen-bond donors (Lipinski definition) is 1. The van der Waals surface area contributed by atoms with Crippen molar-refractivity contribution < 1.29 is 19.4 Å². The molecule has 0 aromatic heterocycles. The maximum Gasteiger partial charge on any atom is 0.305 e. The molecule has 0 fully saturated rings. The number of nitrogens with zero attached hydrogens (tertiary/aromatic N) is 1. The number of hydrogen-bond acceptors (Lipinski definition) is 4. The van der Waals surface area contributed by atoms with E-state index in [1.54, 1.807) is 0 Å². The molecule has 0 aliphatic carbocycles. The van der Waals surface area contributed by atoms with Crippen LogP contribution in [0.2, 0.25) is 0 Å². The minimum Gasteiger partial charge on any atom is -0.481 e. The van der Waals surface area contributed by atoms with Crippen molar-refractivity contribution in [3.8, 4) is 5.75 Å². The molecule has 0 radical (unpaired) electrons. The third kappa shape index (κ3) is 5.06. The molecule has 0 spiro atoms. The first-order chi connectivity index (χ1) is 15.1. The molecule has 1 heterocycles. The van der Waals surface area contributed by atoms with Gasteiger partial charge in [-0.1, -0.05) is 48.5 Å². The monoisotopic (exact) mass is 417 g/mol. The topological polar surface area (TPSA) is 59.0 Å². The molecule has 5 nitrogen and oxygen atoms in total. The van der Waals surface area contributed by atoms with E-state index in [1.165, 1.54) is 22.5 Å². The van der Waals surface area contributed by atoms with E-state index in [1.807, 2.05) is 31.2 Å². The van der Waals surface area contributed by atoms with Crippen molar-refractivity contribution in [3.63, 3.8) is 0 Å². The maximum atomic E-state index is 10.6. The lowest BCUT2D eigenvalue weighted by Gasteiger charge is -2.27. The summed E-state index contributed by atoms with van der Waals surface area (Å²) in [5.41, 5.74) is 6.01. The van der Waals surface area contributed by atoms with E-state index in [4.69, 9.17) is 14.6 Å². The minimum absolute atomic E-state index is 0.00428. The molecule has 1 atom stereocenters. The lowest BCUT2D eigenvalue weighted by Crippen LogP contribution is -2.23. The summed E-state index contributed by atoms with van der Waals surface area (Å²) in [6, 6.07) is 24.8. The second kappa shape index (κ2) is 9.67. The lowest BCUT2D eigenvalue weighted by molar-refractivity contribution is -0.138. The quantitative estimate of drug-likeness (QED) is 0.524. The second-order valence-electron chi connectivity index (χ2n) is 7.68. The smallest absolute Gasteiger partial charge is 0.305 e. The van der Waals surface area contributed by atoms with E-state index in [-0.39, 0.29) is 19.1 Å². The molecule has 1 aliphatic rings. The van der Waals surface area contributed by atoms with Gasteiger partial charge in [-0.25, -0.2) is 0 Å². The summed E-state index contributed by atoms with van der Waals surface area (Å²) in [6.07, 6.45) is 1.86. The Kier molecular flexibility index (Phi) is 6.53. The number of rotatable bonds is 8. The summed E-state index contributed by atoms with van der Waals surface area (Å²) in [5, 5.41) is 8.74. The summed E-state index contributed by atoms with van der Waals surface area (Å²) < 4.78 is 11.8. The van der Waals surface area contributed by atoms with Crippen molar-refractivity contribution in [2.45, 2.75) is 32.3 Å². The van der Waals surface area contributed by atoms with Gasteiger partial charge in [0.05, 0.1) is 19.1 Å². The van der Waals surface area contributed by atoms with Gasteiger partial charge in [0.2, 0.25) is 0 Å². The molecule has 160 valence electrons. The van der Waals surface area contributed by atoms with Crippen molar-refractivity contribution in [1.82, 2.24) is 0 Å². The predicted octanol–water partition coefficient (Wildman–Crippen LogP) is 5.51. The van der Waals surface area contributed by atoms with Gasteiger partial charge in [0.25, 0.3) is 0 Å². The van der Waals surface area contributed by atoms with Gasteiger partial charge in [-0.2, -0.15) is 0 Å². The summed E-state index contributed by atoms with van der Waals surface area (Å²) in [5.74, 6) is -0.0756. The van der Waals surface area contributed by atoms with Gasteiger partial charge in [0.1, 0.15) is 5.75 Å². The average molecular weight is 418 g/mol. The highest BCUT2D eigenvalue weighted by Crippen LogP contribution is 2.35. The molecule has 3 aromatic carbocycles. The van der Waals surface area contributed by atoms with Crippen LogP contribution in [0.4, 0.5) is 11.4 Å². The molecule has 0 saturated carbocycles. The minimum atomic E-state index is -0.854. The normalized spacial score (nSPS) is 13.6. The highest BCUT2D eigenvalue weighted by molar-refractivity contribution is 5.70. The molecule has 1 N–H and O–H groups in total.